The fraction of sp³-hybridized carbons (Fsp3) is 0.472. The van der Waals surface area contributed by atoms with Gasteiger partial charge in [0.2, 0.25) is 0 Å². The smallest absolute Gasteiger partial charge is 0.323 e. The lowest BCUT2D eigenvalue weighted by Gasteiger charge is -2.37. The molecule has 6 rings (SSSR count). The minimum atomic E-state index is -0.223. The van der Waals surface area contributed by atoms with Gasteiger partial charge in [-0.2, -0.15) is 0 Å². The highest BCUT2D eigenvalue weighted by Crippen LogP contribution is 2.38. The summed E-state index contributed by atoms with van der Waals surface area (Å²) < 4.78 is 17.9. The van der Waals surface area contributed by atoms with Crippen molar-refractivity contribution in [1.29, 1.82) is 0 Å². The van der Waals surface area contributed by atoms with Gasteiger partial charge in [-0.15, -0.1) is 0 Å². The molecule has 0 saturated heterocycles. The van der Waals surface area contributed by atoms with Crippen LogP contribution < -0.4 is 9.47 Å². The van der Waals surface area contributed by atoms with Crippen LogP contribution in [0.3, 0.4) is 0 Å². The highest BCUT2D eigenvalue weighted by Gasteiger charge is 2.35. The third-order valence-electron chi connectivity index (χ3n) is 9.56. The topological polar surface area (TPSA) is 48.0 Å². The van der Waals surface area contributed by atoms with Crippen LogP contribution in [-0.2, 0) is 28.9 Å². The number of halogens is 2. The summed E-state index contributed by atoms with van der Waals surface area (Å²) in [5.74, 6) is 2.69. The van der Waals surface area contributed by atoms with E-state index in [4.69, 9.17) is 37.4 Å². The van der Waals surface area contributed by atoms with Crippen LogP contribution >= 0.6 is 23.2 Å². The largest absolute Gasteiger partial charge is 0.493 e. The second-order valence-corrected chi connectivity index (χ2v) is 13.2. The summed E-state index contributed by atoms with van der Waals surface area (Å²) in [5.41, 5.74) is 6.09. The summed E-state index contributed by atoms with van der Waals surface area (Å²) in [4.78, 5) is 15.2. The molecule has 0 unspecified atom stereocenters. The highest BCUT2D eigenvalue weighted by molar-refractivity contribution is 6.42. The van der Waals surface area contributed by atoms with E-state index in [1.807, 2.05) is 18.2 Å². The van der Waals surface area contributed by atoms with Crippen LogP contribution in [0.15, 0.2) is 54.6 Å². The molecular weight excluding hydrogens is 581 g/mol. The molecule has 0 amide bonds. The zero-order valence-corrected chi connectivity index (χ0v) is 26.6. The molecule has 0 spiro atoms. The van der Waals surface area contributed by atoms with Crippen LogP contribution in [-0.4, -0.2) is 37.2 Å². The molecule has 5 nitrogen and oxygen atoms in total. The summed E-state index contributed by atoms with van der Waals surface area (Å²) >= 11 is 12.4. The van der Waals surface area contributed by atoms with E-state index >= 15 is 0 Å². The van der Waals surface area contributed by atoms with Gasteiger partial charge in [0.25, 0.3) is 0 Å². The number of ether oxygens (including phenoxy) is 3. The molecule has 1 aliphatic carbocycles. The zero-order valence-electron chi connectivity index (χ0n) is 25.1. The van der Waals surface area contributed by atoms with Gasteiger partial charge in [0.1, 0.15) is 23.6 Å². The van der Waals surface area contributed by atoms with Crippen LogP contribution in [0.5, 0.6) is 11.5 Å². The first-order valence-corrected chi connectivity index (χ1v) is 16.5. The predicted octanol–water partition coefficient (Wildman–Crippen LogP) is 8.72. The Morgan fingerprint density at radius 2 is 1.74 bits per heavy atom. The van der Waals surface area contributed by atoms with Crippen LogP contribution in [0.2, 0.25) is 10.0 Å². The molecule has 3 aliphatic rings. The van der Waals surface area contributed by atoms with Crippen molar-refractivity contribution < 1.29 is 19.0 Å². The van der Waals surface area contributed by atoms with Crippen molar-refractivity contribution in [3.05, 3.63) is 92.5 Å². The average molecular weight is 623 g/mol. The normalized spacial score (nSPS) is 21.3. The van der Waals surface area contributed by atoms with Crippen molar-refractivity contribution >= 4 is 29.2 Å². The van der Waals surface area contributed by atoms with E-state index in [-0.39, 0.29) is 18.1 Å². The highest BCUT2D eigenvalue weighted by atomic mass is 35.5. The van der Waals surface area contributed by atoms with Crippen LogP contribution in [0.1, 0.15) is 85.3 Å². The fourth-order valence-corrected chi connectivity index (χ4v) is 7.45. The summed E-state index contributed by atoms with van der Waals surface area (Å²) in [7, 11) is 1.50. The monoisotopic (exact) mass is 621 g/mol. The summed E-state index contributed by atoms with van der Waals surface area (Å²) in [6, 6.07) is 18.5. The lowest BCUT2D eigenvalue weighted by Crippen LogP contribution is -2.47. The van der Waals surface area contributed by atoms with E-state index in [9.17, 15) is 4.79 Å². The van der Waals surface area contributed by atoms with Gasteiger partial charge in [-0.25, -0.2) is 0 Å². The van der Waals surface area contributed by atoms with Gasteiger partial charge in [-0.3, -0.25) is 9.69 Å². The molecule has 1 saturated carbocycles. The zero-order chi connectivity index (χ0) is 29.9. The minimum absolute atomic E-state index is 0.100. The molecule has 0 bridgehead atoms. The summed E-state index contributed by atoms with van der Waals surface area (Å²) in [6.07, 6.45) is 8.38. The SMILES string of the molecule is CC[C@@H](Oc1ccc([C@@H]2CCOc3cc4c(cc3C2)CN(CC2CCCC2)[C@H](C(=O)OC)C4)cc1)c1ccc(Cl)c(Cl)c1. The number of methoxy groups -OCH3 is 1. The molecule has 43 heavy (non-hydrogen) atoms. The maximum Gasteiger partial charge on any atom is 0.323 e. The van der Waals surface area contributed by atoms with Crippen molar-refractivity contribution in [1.82, 2.24) is 4.90 Å². The summed E-state index contributed by atoms with van der Waals surface area (Å²) in [5, 5.41) is 1.09. The minimum Gasteiger partial charge on any atom is -0.493 e. The number of hydrogen-bond acceptors (Lipinski definition) is 5. The predicted molar refractivity (Wildman–Crippen MR) is 171 cm³/mol. The Bertz CT molecular complexity index is 1440. The van der Waals surface area contributed by atoms with Gasteiger partial charge in [0.15, 0.2) is 0 Å². The fourth-order valence-electron chi connectivity index (χ4n) is 7.15. The molecule has 0 aromatic heterocycles. The molecular formula is C36H41Cl2NO4. The lowest BCUT2D eigenvalue weighted by atomic mass is 9.86. The first-order valence-electron chi connectivity index (χ1n) is 15.7. The van der Waals surface area contributed by atoms with Crippen molar-refractivity contribution in [2.45, 2.75) is 82.9 Å². The Balaban J connectivity index is 1.17. The molecule has 0 N–H and O–H groups in total. The number of rotatable bonds is 8. The van der Waals surface area contributed by atoms with Crippen LogP contribution in [0, 0.1) is 5.92 Å². The van der Waals surface area contributed by atoms with Gasteiger partial charge in [-0.1, -0.05) is 67.2 Å². The Hall–Kier alpha value is -2.73. The van der Waals surface area contributed by atoms with Crippen molar-refractivity contribution in [3.63, 3.8) is 0 Å². The molecule has 0 radical (unpaired) electrons. The average Bonchev–Trinajstić information content (AvgIpc) is 3.45. The number of benzene rings is 3. The van der Waals surface area contributed by atoms with Crippen molar-refractivity contribution in [3.8, 4) is 11.5 Å². The third kappa shape index (κ3) is 6.84. The standard InChI is InChI=1S/C36H41Cl2NO4/c1-3-34(26-10-13-31(37)32(38)18-26)43-30-11-8-24(9-12-30)25-14-15-42-35-20-27-19-33(36(40)41-2)39(21-23-6-4-5-7-23)22-29(27)17-28(35)16-25/h8-13,17-18,20,23,25,33-34H,3-7,14-16,19,21-22H2,1-2H3/t25-,33+,34-/m1/s1. The van der Waals surface area contributed by atoms with Gasteiger partial charge < -0.3 is 14.2 Å². The second kappa shape index (κ2) is 13.5. The number of esters is 1. The van der Waals surface area contributed by atoms with Crippen LogP contribution in [0.25, 0.3) is 0 Å². The molecule has 3 aromatic carbocycles. The van der Waals surface area contributed by atoms with E-state index in [1.165, 1.54) is 55.0 Å². The van der Waals surface area contributed by atoms with E-state index in [0.29, 0.717) is 34.9 Å². The van der Waals surface area contributed by atoms with Gasteiger partial charge >= 0.3 is 5.97 Å². The molecule has 7 heteroatoms. The summed E-state index contributed by atoms with van der Waals surface area (Å²) in [6.45, 7) is 4.52. The Kier molecular flexibility index (Phi) is 9.51. The molecule has 1 fully saturated rings. The Labute approximate surface area is 265 Å². The van der Waals surface area contributed by atoms with E-state index in [2.05, 4.69) is 48.2 Å². The number of hydrogen-bond donors (Lipinski definition) is 0. The third-order valence-corrected chi connectivity index (χ3v) is 10.3. The second-order valence-electron chi connectivity index (χ2n) is 12.3. The molecule has 2 aliphatic heterocycles. The molecule has 3 atom stereocenters. The van der Waals surface area contributed by atoms with Gasteiger partial charge in [-0.05, 0) is 109 Å². The van der Waals surface area contributed by atoms with E-state index in [1.54, 1.807) is 0 Å². The molecule has 228 valence electrons. The van der Waals surface area contributed by atoms with Crippen molar-refractivity contribution in [2.24, 2.45) is 5.92 Å². The maximum atomic E-state index is 12.8. The lowest BCUT2D eigenvalue weighted by molar-refractivity contribution is -0.148. The van der Waals surface area contributed by atoms with Crippen LogP contribution in [0.4, 0.5) is 0 Å². The Morgan fingerprint density at radius 3 is 2.47 bits per heavy atom. The Morgan fingerprint density at radius 1 is 0.953 bits per heavy atom. The molecule has 2 heterocycles. The quantitative estimate of drug-likeness (QED) is 0.235. The van der Waals surface area contributed by atoms with E-state index < -0.39 is 0 Å². The number of fused-ring (bicyclic) bond motifs is 2. The number of carbonyl (C=O) groups is 1. The van der Waals surface area contributed by atoms with Gasteiger partial charge in [0, 0.05) is 13.1 Å². The molecule has 3 aromatic rings. The van der Waals surface area contributed by atoms with Crippen molar-refractivity contribution in [2.75, 3.05) is 20.3 Å². The van der Waals surface area contributed by atoms with E-state index in [0.717, 1.165) is 49.4 Å². The first-order chi connectivity index (χ1) is 20.9. The van der Waals surface area contributed by atoms with Gasteiger partial charge in [0.05, 0.1) is 23.8 Å². The first kappa shape index (κ1) is 30.3. The maximum absolute atomic E-state index is 12.8. The number of nitrogens with zero attached hydrogens (tertiary/aromatic N) is 1. The number of carbonyl (C=O) groups excluding carboxylic acids is 1.